The first kappa shape index (κ1) is 13.1. The minimum atomic E-state index is -0.514. The van der Waals surface area contributed by atoms with Crippen LogP contribution in [-0.4, -0.2) is 46.4 Å². The molecule has 108 valence electrons. The van der Waals surface area contributed by atoms with Crippen molar-refractivity contribution in [1.82, 2.24) is 15.2 Å². The number of nitro groups is 1. The van der Waals surface area contributed by atoms with Crippen molar-refractivity contribution in [2.45, 2.75) is 25.3 Å². The van der Waals surface area contributed by atoms with E-state index in [1.165, 1.54) is 25.1 Å². The Hall–Kier alpha value is -1.89. The topological polar surface area (TPSA) is 91.3 Å². The maximum absolute atomic E-state index is 12.0. The van der Waals surface area contributed by atoms with Gasteiger partial charge in [-0.1, -0.05) is 0 Å². The number of carbonyl (C=O) groups excluding carboxylic acids is 1. The van der Waals surface area contributed by atoms with Crippen LogP contribution in [0.25, 0.3) is 0 Å². The zero-order chi connectivity index (χ0) is 14.1. The molecule has 7 nitrogen and oxygen atoms in total. The summed E-state index contributed by atoms with van der Waals surface area (Å²) in [6.07, 6.45) is 4.85. The number of hydrogen-bond donors (Lipinski definition) is 2. The summed E-state index contributed by atoms with van der Waals surface area (Å²) in [5.74, 6) is 0.590. The van der Waals surface area contributed by atoms with Crippen LogP contribution >= 0.6 is 0 Å². The second-order valence-corrected chi connectivity index (χ2v) is 5.69. The van der Waals surface area contributed by atoms with Crippen LogP contribution in [0.4, 0.5) is 5.69 Å². The molecule has 1 saturated carbocycles. The lowest BCUT2D eigenvalue weighted by molar-refractivity contribution is -0.384. The lowest BCUT2D eigenvalue weighted by Gasteiger charge is -2.15. The summed E-state index contributed by atoms with van der Waals surface area (Å²) >= 11 is 0. The minimum Gasteiger partial charge on any atom is -0.351 e. The van der Waals surface area contributed by atoms with Crippen molar-refractivity contribution in [3.8, 4) is 0 Å². The van der Waals surface area contributed by atoms with Gasteiger partial charge in [0.1, 0.15) is 5.69 Å². The number of aromatic nitrogens is 1. The predicted molar refractivity (Wildman–Crippen MR) is 72.5 cm³/mol. The summed E-state index contributed by atoms with van der Waals surface area (Å²) in [4.78, 5) is 27.1. The maximum Gasteiger partial charge on any atom is 0.287 e. The zero-order valence-corrected chi connectivity index (χ0v) is 11.2. The Morgan fingerprint density at radius 2 is 2.30 bits per heavy atom. The largest absolute Gasteiger partial charge is 0.351 e. The molecule has 0 spiro atoms. The van der Waals surface area contributed by atoms with Gasteiger partial charge >= 0.3 is 0 Å². The van der Waals surface area contributed by atoms with E-state index in [9.17, 15) is 14.9 Å². The van der Waals surface area contributed by atoms with E-state index in [0.717, 1.165) is 32.0 Å². The molecule has 1 aliphatic carbocycles. The third-order valence-electron chi connectivity index (χ3n) is 3.94. The van der Waals surface area contributed by atoms with E-state index in [4.69, 9.17) is 0 Å². The number of amides is 1. The van der Waals surface area contributed by atoms with Gasteiger partial charge in [-0.2, -0.15) is 0 Å². The third-order valence-corrected chi connectivity index (χ3v) is 3.94. The van der Waals surface area contributed by atoms with E-state index in [-0.39, 0.29) is 23.3 Å². The number of carbonyl (C=O) groups is 1. The fraction of sp³-hybridized carbons (Fsp3) is 0.615. The van der Waals surface area contributed by atoms with Crippen LogP contribution in [0.2, 0.25) is 0 Å². The SMILES string of the molecule is O=C(NC1CCN(CC2CC2)C1)c1cc([N+](=O)[O-])c[nH]1. The highest BCUT2D eigenvalue weighted by atomic mass is 16.6. The zero-order valence-electron chi connectivity index (χ0n) is 11.2. The van der Waals surface area contributed by atoms with Crippen molar-refractivity contribution >= 4 is 11.6 Å². The summed E-state index contributed by atoms with van der Waals surface area (Å²) < 4.78 is 0. The Morgan fingerprint density at radius 3 is 2.95 bits per heavy atom. The molecular weight excluding hydrogens is 260 g/mol. The van der Waals surface area contributed by atoms with Crippen molar-refractivity contribution < 1.29 is 9.72 Å². The van der Waals surface area contributed by atoms with Crippen molar-refractivity contribution in [1.29, 1.82) is 0 Å². The molecule has 0 radical (unpaired) electrons. The molecule has 20 heavy (non-hydrogen) atoms. The first-order chi connectivity index (χ1) is 9.61. The van der Waals surface area contributed by atoms with Gasteiger partial charge in [0.2, 0.25) is 0 Å². The van der Waals surface area contributed by atoms with E-state index in [2.05, 4.69) is 15.2 Å². The number of aromatic amines is 1. The summed E-state index contributed by atoms with van der Waals surface area (Å²) in [7, 11) is 0. The number of nitrogens with one attached hydrogen (secondary N) is 2. The molecule has 1 aromatic rings. The fourth-order valence-corrected chi connectivity index (χ4v) is 2.66. The number of likely N-dealkylation sites (tertiary alicyclic amines) is 1. The molecule has 2 fully saturated rings. The molecule has 2 heterocycles. The maximum atomic E-state index is 12.0. The molecule has 0 bridgehead atoms. The number of hydrogen-bond acceptors (Lipinski definition) is 4. The Kier molecular flexibility index (Phi) is 3.43. The van der Waals surface area contributed by atoms with Gasteiger partial charge in [-0.05, 0) is 25.2 Å². The molecule has 2 N–H and O–H groups in total. The van der Waals surface area contributed by atoms with Crippen LogP contribution in [0.1, 0.15) is 29.8 Å². The number of H-pyrrole nitrogens is 1. The summed E-state index contributed by atoms with van der Waals surface area (Å²) in [5.41, 5.74) is 0.161. The Balaban J connectivity index is 1.51. The lowest BCUT2D eigenvalue weighted by atomic mass is 10.2. The van der Waals surface area contributed by atoms with Crippen LogP contribution in [0.5, 0.6) is 0 Å². The van der Waals surface area contributed by atoms with E-state index in [0.29, 0.717) is 0 Å². The van der Waals surface area contributed by atoms with Crippen molar-refractivity contribution in [3.63, 3.8) is 0 Å². The van der Waals surface area contributed by atoms with E-state index < -0.39 is 4.92 Å². The van der Waals surface area contributed by atoms with Gasteiger partial charge in [0.25, 0.3) is 11.6 Å². The molecule has 3 rings (SSSR count). The van der Waals surface area contributed by atoms with Crippen LogP contribution in [0, 0.1) is 16.0 Å². The number of rotatable bonds is 5. The number of nitrogens with zero attached hydrogens (tertiary/aromatic N) is 2. The molecule has 1 unspecified atom stereocenters. The van der Waals surface area contributed by atoms with Gasteiger partial charge in [0, 0.05) is 31.7 Å². The molecule has 1 amide bonds. The van der Waals surface area contributed by atoms with Crippen LogP contribution < -0.4 is 5.32 Å². The van der Waals surface area contributed by atoms with Gasteiger partial charge in [-0.15, -0.1) is 0 Å². The van der Waals surface area contributed by atoms with E-state index in [1.54, 1.807) is 0 Å². The lowest BCUT2D eigenvalue weighted by Crippen LogP contribution is -2.37. The highest BCUT2D eigenvalue weighted by molar-refractivity contribution is 5.93. The smallest absolute Gasteiger partial charge is 0.287 e. The van der Waals surface area contributed by atoms with Gasteiger partial charge < -0.3 is 15.2 Å². The first-order valence-electron chi connectivity index (χ1n) is 6.98. The summed E-state index contributed by atoms with van der Waals surface area (Å²) in [6.45, 7) is 3.04. The highest BCUT2D eigenvalue weighted by Gasteiger charge is 2.30. The Bertz CT molecular complexity index is 523. The van der Waals surface area contributed by atoms with Gasteiger partial charge in [0.05, 0.1) is 11.1 Å². The van der Waals surface area contributed by atoms with Gasteiger partial charge in [-0.25, -0.2) is 0 Å². The summed E-state index contributed by atoms with van der Waals surface area (Å²) in [5, 5.41) is 13.5. The molecule has 7 heteroatoms. The molecule has 1 aliphatic heterocycles. The van der Waals surface area contributed by atoms with Crippen molar-refractivity contribution in [2.24, 2.45) is 5.92 Å². The Labute approximate surface area is 116 Å². The molecule has 1 saturated heterocycles. The van der Waals surface area contributed by atoms with Crippen LogP contribution in [0.15, 0.2) is 12.3 Å². The van der Waals surface area contributed by atoms with E-state index in [1.807, 2.05) is 0 Å². The standard InChI is InChI=1S/C13H18N4O3/c18-13(12-5-11(6-14-12)17(19)20)15-10-3-4-16(8-10)7-9-1-2-9/h5-6,9-10,14H,1-4,7-8H2,(H,15,18). The van der Waals surface area contributed by atoms with Crippen molar-refractivity contribution in [2.75, 3.05) is 19.6 Å². The third kappa shape index (κ3) is 2.98. The second-order valence-electron chi connectivity index (χ2n) is 5.69. The Morgan fingerprint density at radius 1 is 1.50 bits per heavy atom. The highest BCUT2D eigenvalue weighted by Crippen LogP contribution is 2.30. The average Bonchev–Trinajstić information content (AvgIpc) is 2.92. The second kappa shape index (κ2) is 5.24. The van der Waals surface area contributed by atoms with E-state index >= 15 is 0 Å². The normalized spacial score (nSPS) is 22.9. The van der Waals surface area contributed by atoms with Crippen LogP contribution in [-0.2, 0) is 0 Å². The molecular formula is C13H18N4O3. The summed E-state index contributed by atoms with van der Waals surface area (Å²) in [6, 6.07) is 1.41. The van der Waals surface area contributed by atoms with Gasteiger partial charge in [-0.3, -0.25) is 14.9 Å². The predicted octanol–water partition coefficient (Wildman–Crippen LogP) is 1.14. The first-order valence-corrected chi connectivity index (χ1v) is 6.98. The van der Waals surface area contributed by atoms with Crippen LogP contribution in [0.3, 0.4) is 0 Å². The average molecular weight is 278 g/mol. The molecule has 0 aromatic carbocycles. The minimum absolute atomic E-state index is 0.0862. The fourth-order valence-electron chi connectivity index (χ4n) is 2.66. The molecule has 2 aliphatic rings. The van der Waals surface area contributed by atoms with Gasteiger partial charge in [0.15, 0.2) is 0 Å². The molecule has 1 aromatic heterocycles. The quantitative estimate of drug-likeness (QED) is 0.624. The molecule has 1 atom stereocenters. The van der Waals surface area contributed by atoms with Crippen molar-refractivity contribution in [3.05, 3.63) is 28.1 Å². The monoisotopic (exact) mass is 278 g/mol.